The molecule has 30 heavy (non-hydrogen) atoms. The van der Waals surface area contributed by atoms with Gasteiger partial charge >= 0.3 is 0 Å². The first-order valence-corrected chi connectivity index (χ1v) is 10.9. The summed E-state index contributed by atoms with van der Waals surface area (Å²) < 4.78 is 59.6. The van der Waals surface area contributed by atoms with Crippen molar-refractivity contribution in [3.05, 3.63) is 54.1 Å². The van der Waals surface area contributed by atoms with Gasteiger partial charge in [-0.05, 0) is 31.2 Å². The Bertz CT molecular complexity index is 989. The van der Waals surface area contributed by atoms with Crippen molar-refractivity contribution in [1.29, 1.82) is 0 Å². The van der Waals surface area contributed by atoms with Gasteiger partial charge in [0.25, 0.3) is 0 Å². The minimum Gasteiger partial charge on any atom is -0.492 e. The minimum atomic E-state index is -4.30. The average molecular weight is 439 g/mol. The van der Waals surface area contributed by atoms with E-state index >= 15 is 0 Å². The van der Waals surface area contributed by atoms with Crippen LogP contribution in [0.2, 0.25) is 0 Å². The van der Waals surface area contributed by atoms with Gasteiger partial charge < -0.3 is 10.1 Å². The van der Waals surface area contributed by atoms with Crippen molar-refractivity contribution in [1.82, 2.24) is 9.21 Å². The van der Waals surface area contributed by atoms with Crippen LogP contribution in [0.15, 0.2) is 47.4 Å². The summed E-state index contributed by atoms with van der Waals surface area (Å²) in [5.41, 5.74) is 0.556. The summed E-state index contributed by atoms with van der Waals surface area (Å²) in [5.74, 6) is -1.94. The van der Waals surface area contributed by atoms with Crippen LogP contribution in [0, 0.1) is 11.6 Å². The third-order valence-electron chi connectivity index (χ3n) is 4.68. The number of rotatable bonds is 7. The summed E-state index contributed by atoms with van der Waals surface area (Å²) in [5, 5.41) is 2.79. The number of carbonyl (C=O) groups excluding carboxylic acids is 1. The van der Waals surface area contributed by atoms with E-state index in [0.29, 0.717) is 18.0 Å². The number of amides is 1. The summed E-state index contributed by atoms with van der Waals surface area (Å²) in [4.78, 5) is 13.2. The number of hydrogen-bond acceptors (Lipinski definition) is 5. The molecule has 1 aliphatic heterocycles. The van der Waals surface area contributed by atoms with Crippen LogP contribution >= 0.6 is 0 Å². The zero-order valence-corrected chi connectivity index (χ0v) is 17.3. The molecule has 7 nitrogen and oxygen atoms in total. The molecule has 1 fully saturated rings. The van der Waals surface area contributed by atoms with Gasteiger partial charge in [0.1, 0.15) is 17.4 Å². The maximum Gasteiger partial charge on any atom is 0.249 e. The lowest BCUT2D eigenvalue weighted by Gasteiger charge is -2.33. The van der Waals surface area contributed by atoms with Crippen LogP contribution in [0.5, 0.6) is 5.75 Å². The zero-order chi connectivity index (χ0) is 21.7. The lowest BCUT2D eigenvalue weighted by atomic mass is 10.3. The van der Waals surface area contributed by atoms with E-state index in [1.54, 1.807) is 29.2 Å². The van der Waals surface area contributed by atoms with Crippen molar-refractivity contribution in [2.24, 2.45) is 0 Å². The fourth-order valence-electron chi connectivity index (χ4n) is 3.23. The van der Waals surface area contributed by atoms with Crippen LogP contribution in [0.3, 0.4) is 0 Å². The lowest BCUT2D eigenvalue weighted by Crippen LogP contribution is -2.50. The molecule has 0 aromatic heterocycles. The zero-order valence-electron chi connectivity index (χ0n) is 16.5. The summed E-state index contributed by atoms with van der Waals surface area (Å²) in [6, 6.07) is 10.0. The fraction of sp³-hybridized carbons (Fsp3) is 0.350. The maximum atomic E-state index is 13.9. The molecule has 3 rings (SSSR count). The lowest BCUT2D eigenvalue weighted by molar-refractivity contribution is -0.117. The molecule has 2 aromatic carbocycles. The minimum absolute atomic E-state index is 0.0267. The smallest absolute Gasteiger partial charge is 0.249 e. The molecule has 0 radical (unpaired) electrons. The highest BCUT2D eigenvalue weighted by Gasteiger charge is 2.33. The Hall–Kier alpha value is -2.56. The summed E-state index contributed by atoms with van der Waals surface area (Å²) in [6.07, 6.45) is 0. The molecule has 2 aromatic rings. The number of halogens is 2. The quantitative estimate of drug-likeness (QED) is 0.716. The second-order valence-electron chi connectivity index (χ2n) is 6.71. The van der Waals surface area contributed by atoms with Gasteiger partial charge in [0.05, 0.1) is 18.8 Å². The van der Waals surface area contributed by atoms with Crippen molar-refractivity contribution < 1.29 is 26.7 Å². The Morgan fingerprint density at radius 1 is 1.03 bits per heavy atom. The van der Waals surface area contributed by atoms with Crippen LogP contribution in [0.25, 0.3) is 0 Å². The van der Waals surface area contributed by atoms with Gasteiger partial charge in [0.2, 0.25) is 15.9 Å². The Balaban J connectivity index is 1.59. The van der Waals surface area contributed by atoms with Gasteiger partial charge in [0.15, 0.2) is 4.90 Å². The molecule has 0 spiro atoms. The van der Waals surface area contributed by atoms with E-state index in [1.165, 1.54) is 0 Å². The molecule has 0 saturated carbocycles. The average Bonchev–Trinajstić information content (AvgIpc) is 2.70. The van der Waals surface area contributed by atoms with Gasteiger partial charge in [-0.1, -0.05) is 18.2 Å². The Morgan fingerprint density at radius 3 is 2.30 bits per heavy atom. The number of nitrogens with zero attached hydrogens (tertiary/aromatic N) is 2. The monoisotopic (exact) mass is 439 g/mol. The molecule has 0 aliphatic carbocycles. The number of anilines is 1. The Kier molecular flexibility index (Phi) is 7.01. The highest BCUT2D eigenvalue weighted by Crippen LogP contribution is 2.25. The number of ether oxygens (including phenoxy) is 1. The SMILES string of the molecule is CCOc1ccccc1NC(=O)CN1CCN(S(=O)(=O)c2c(F)cccc2F)CC1. The van der Waals surface area contributed by atoms with Gasteiger partial charge in [-0.2, -0.15) is 4.31 Å². The van der Waals surface area contributed by atoms with Crippen molar-refractivity contribution in [2.75, 3.05) is 44.6 Å². The van der Waals surface area contributed by atoms with Gasteiger partial charge in [-0.15, -0.1) is 0 Å². The molecule has 0 atom stereocenters. The summed E-state index contributed by atoms with van der Waals surface area (Å²) in [6.45, 7) is 2.94. The van der Waals surface area contributed by atoms with Gasteiger partial charge in [-0.3, -0.25) is 9.69 Å². The van der Waals surface area contributed by atoms with Crippen molar-refractivity contribution >= 4 is 21.6 Å². The van der Waals surface area contributed by atoms with Crippen molar-refractivity contribution in [3.63, 3.8) is 0 Å². The second-order valence-corrected chi connectivity index (χ2v) is 8.58. The molecule has 1 aliphatic rings. The molecule has 162 valence electrons. The van der Waals surface area contributed by atoms with E-state index in [2.05, 4.69) is 5.32 Å². The topological polar surface area (TPSA) is 79.0 Å². The van der Waals surface area contributed by atoms with Crippen LogP contribution in [-0.4, -0.2) is 62.9 Å². The maximum absolute atomic E-state index is 13.9. The fourth-order valence-corrected chi connectivity index (χ4v) is 4.76. The number of sulfonamides is 1. The van der Waals surface area contributed by atoms with E-state index in [0.717, 1.165) is 22.5 Å². The van der Waals surface area contributed by atoms with Crippen LogP contribution < -0.4 is 10.1 Å². The van der Waals surface area contributed by atoms with E-state index < -0.39 is 26.6 Å². The summed E-state index contributed by atoms with van der Waals surface area (Å²) in [7, 11) is -4.30. The normalized spacial score (nSPS) is 15.7. The van der Waals surface area contributed by atoms with E-state index in [-0.39, 0.29) is 38.6 Å². The first-order chi connectivity index (χ1) is 14.3. The number of benzene rings is 2. The highest BCUT2D eigenvalue weighted by atomic mass is 32.2. The molecule has 10 heteroatoms. The third-order valence-corrected chi connectivity index (χ3v) is 6.63. The molecule has 1 heterocycles. The van der Waals surface area contributed by atoms with E-state index in [9.17, 15) is 22.0 Å². The summed E-state index contributed by atoms with van der Waals surface area (Å²) >= 11 is 0. The number of nitrogens with one attached hydrogen (secondary N) is 1. The molecule has 1 N–H and O–H groups in total. The van der Waals surface area contributed by atoms with Crippen LogP contribution in [0.4, 0.5) is 14.5 Å². The predicted octanol–water partition coefficient (Wildman–Crippen LogP) is 2.31. The van der Waals surface area contributed by atoms with Crippen LogP contribution in [-0.2, 0) is 14.8 Å². The number of piperazine rings is 1. The Morgan fingerprint density at radius 2 is 1.67 bits per heavy atom. The second kappa shape index (κ2) is 9.50. The third kappa shape index (κ3) is 4.94. The largest absolute Gasteiger partial charge is 0.492 e. The molecular formula is C20H23F2N3O4S. The van der Waals surface area contributed by atoms with E-state index in [1.807, 2.05) is 6.92 Å². The van der Waals surface area contributed by atoms with Crippen molar-refractivity contribution in [2.45, 2.75) is 11.8 Å². The number of carbonyl (C=O) groups is 1. The predicted molar refractivity (Wildman–Crippen MR) is 108 cm³/mol. The molecule has 0 bridgehead atoms. The molecule has 1 saturated heterocycles. The highest BCUT2D eigenvalue weighted by molar-refractivity contribution is 7.89. The standard InChI is InChI=1S/C20H23F2N3O4S/c1-2-29-18-9-4-3-8-17(18)23-19(26)14-24-10-12-25(13-11-24)30(27,28)20-15(21)6-5-7-16(20)22/h3-9H,2,10-14H2,1H3,(H,23,26). The molecule has 1 amide bonds. The van der Waals surface area contributed by atoms with Crippen LogP contribution in [0.1, 0.15) is 6.92 Å². The number of hydrogen-bond donors (Lipinski definition) is 1. The van der Waals surface area contributed by atoms with E-state index in [4.69, 9.17) is 4.74 Å². The Labute approximate surface area is 174 Å². The van der Waals surface area contributed by atoms with Gasteiger partial charge in [0, 0.05) is 26.2 Å². The van der Waals surface area contributed by atoms with Crippen molar-refractivity contribution in [3.8, 4) is 5.75 Å². The molecular weight excluding hydrogens is 416 g/mol. The van der Waals surface area contributed by atoms with Gasteiger partial charge in [-0.25, -0.2) is 17.2 Å². The first-order valence-electron chi connectivity index (χ1n) is 9.51. The molecule has 0 unspecified atom stereocenters. The first kappa shape index (κ1) is 22.1. The number of para-hydroxylation sites is 2.